The number of piperidine rings is 1. The number of amides is 2. The Hall–Kier alpha value is -1.96. The molecule has 8 heteroatoms. The number of esters is 1. The van der Waals surface area contributed by atoms with Crippen LogP contribution in [0.3, 0.4) is 0 Å². The van der Waals surface area contributed by atoms with Crippen LogP contribution >= 0.6 is 11.3 Å². The number of methoxy groups -OCH3 is 1. The number of rotatable bonds is 5. The van der Waals surface area contributed by atoms with Crippen molar-refractivity contribution in [3.8, 4) is 0 Å². The predicted octanol–water partition coefficient (Wildman–Crippen LogP) is 0.808. The van der Waals surface area contributed by atoms with Crippen molar-refractivity contribution in [3.63, 3.8) is 0 Å². The highest BCUT2D eigenvalue weighted by Crippen LogP contribution is 2.21. The van der Waals surface area contributed by atoms with Gasteiger partial charge in [-0.2, -0.15) is 0 Å². The van der Waals surface area contributed by atoms with Crippen LogP contribution in [0.25, 0.3) is 0 Å². The Morgan fingerprint density at radius 2 is 2.33 bits per heavy atom. The molecule has 2 heterocycles. The van der Waals surface area contributed by atoms with Crippen molar-refractivity contribution in [1.29, 1.82) is 0 Å². The number of carbonyl (C=O) groups excluding carboxylic acids is 3. The molecule has 1 saturated heterocycles. The SMILES string of the molecule is COC(=O)CCc1csc(NC2CCC(=O)N(C)C2=O)n1. The molecule has 21 heavy (non-hydrogen) atoms. The van der Waals surface area contributed by atoms with Gasteiger partial charge in [-0.25, -0.2) is 4.98 Å². The molecule has 1 unspecified atom stereocenters. The van der Waals surface area contributed by atoms with Crippen molar-refractivity contribution < 1.29 is 19.1 Å². The molecule has 7 nitrogen and oxygen atoms in total. The highest BCUT2D eigenvalue weighted by atomic mass is 32.1. The fraction of sp³-hybridized carbons (Fsp3) is 0.538. The van der Waals surface area contributed by atoms with Gasteiger partial charge in [-0.05, 0) is 6.42 Å². The first-order valence-corrected chi connectivity index (χ1v) is 7.47. The van der Waals surface area contributed by atoms with E-state index >= 15 is 0 Å². The number of aromatic nitrogens is 1. The number of likely N-dealkylation sites (tertiary alicyclic amines) is 1. The van der Waals surface area contributed by atoms with Gasteiger partial charge >= 0.3 is 5.97 Å². The molecule has 2 amide bonds. The molecule has 0 saturated carbocycles. The number of carbonyl (C=O) groups is 3. The molecular formula is C13H17N3O4S. The van der Waals surface area contributed by atoms with Gasteiger partial charge in [0.2, 0.25) is 5.91 Å². The van der Waals surface area contributed by atoms with E-state index in [2.05, 4.69) is 15.0 Å². The van der Waals surface area contributed by atoms with Gasteiger partial charge in [0, 0.05) is 25.3 Å². The summed E-state index contributed by atoms with van der Waals surface area (Å²) in [5, 5.41) is 5.51. The average molecular weight is 311 g/mol. The monoisotopic (exact) mass is 311 g/mol. The van der Waals surface area contributed by atoms with E-state index in [0.29, 0.717) is 24.4 Å². The molecule has 1 atom stereocenters. The molecule has 1 fully saturated rings. The van der Waals surface area contributed by atoms with E-state index in [4.69, 9.17) is 0 Å². The number of imide groups is 1. The summed E-state index contributed by atoms with van der Waals surface area (Å²) in [5.41, 5.74) is 0.778. The number of aryl methyl sites for hydroxylation is 1. The summed E-state index contributed by atoms with van der Waals surface area (Å²) in [6.45, 7) is 0. The van der Waals surface area contributed by atoms with Crippen LogP contribution in [0, 0.1) is 0 Å². The molecule has 0 aromatic carbocycles. The zero-order valence-corrected chi connectivity index (χ0v) is 12.7. The summed E-state index contributed by atoms with van der Waals surface area (Å²) < 4.78 is 4.58. The summed E-state index contributed by atoms with van der Waals surface area (Å²) in [7, 11) is 2.84. The fourth-order valence-electron chi connectivity index (χ4n) is 2.02. The maximum Gasteiger partial charge on any atom is 0.305 e. The van der Waals surface area contributed by atoms with Crippen LogP contribution in [0.15, 0.2) is 5.38 Å². The molecular weight excluding hydrogens is 294 g/mol. The summed E-state index contributed by atoms with van der Waals surface area (Å²) in [6, 6.07) is -0.424. The van der Waals surface area contributed by atoms with Crippen molar-refractivity contribution in [3.05, 3.63) is 11.1 Å². The maximum absolute atomic E-state index is 12.0. The number of ether oxygens (including phenoxy) is 1. The van der Waals surface area contributed by atoms with Crippen molar-refractivity contribution in [2.45, 2.75) is 31.7 Å². The van der Waals surface area contributed by atoms with E-state index < -0.39 is 6.04 Å². The number of likely N-dealkylation sites (N-methyl/N-ethyl adjacent to an activating group) is 1. The Labute approximate surface area is 126 Å². The summed E-state index contributed by atoms with van der Waals surface area (Å²) in [4.78, 5) is 39.9. The minimum absolute atomic E-state index is 0.157. The number of nitrogens with zero attached hydrogens (tertiary/aromatic N) is 2. The zero-order valence-electron chi connectivity index (χ0n) is 11.9. The van der Waals surface area contributed by atoms with Crippen molar-refractivity contribution in [2.75, 3.05) is 19.5 Å². The Balaban J connectivity index is 1.92. The Bertz CT molecular complexity index is 557. The molecule has 114 valence electrons. The normalized spacial score (nSPS) is 18.8. The smallest absolute Gasteiger partial charge is 0.305 e. The van der Waals surface area contributed by atoms with Gasteiger partial charge in [0.1, 0.15) is 6.04 Å². The predicted molar refractivity (Wildman–Crippen MR) is 76.9 cm³/mol. The number of hydrogen-bond acceptors (Lipinski definition) is 7. The largest absolute Gasteiger partial charge is 0.469 e. The van der Waals surface area contributed by atoms with Crippen LogP contribution < -0.4 is 5.32 Å². The second kappa shape index (κ2) is 6.66. The fourth-order valence-corrected chi connectivity index (χ4v) is 2.82. The van der Waals surface area contributed by atoms with Crippen LogP contribution in [0.2, 0.25) is 0 Å². The van der Waals surface area contributed by atoms with Gasteiger partial charge in [-0.15, -0.1) is 11.3 Å². The molecule has 1 aliphatic heterocycles. The topological polar surface area (TPSA) is 88.6 Å². The highest BCUT2D eigenvalue weighted by Gasteiger charge is 2.32. The first-order valence-electron chi connectivity index (χ1n) is 6.59. The van der Waals surface area contributed by atoms with Crippen molar-refractivity contribution in [1.82, 2.24) is 9.88 Å². The molecule has 0 aliphatic carbocycles. The molecule has 1 aromatic rings. The van der Waals surface area contributed by atoms with Gasteiger partial charge in [0.05, 0.1) is 19.2 Å². The van der Waals surface area contributed by atoms with E-state index in [0.717, 1.165) is 10.6 Å². The van der Waals surface area contributed by atoms with Gasteiger partial charge in [-0.3, -0.25) is 19.3 Å². The molecule has 2 rings (SSSR count). The van der Waals surface area contributed by atoms with E-state index in [9.17, 15) is 14.4 Å². The Kier molecular flexibility index (Phi) is 4.89. The Morgan fingerprint density at radius 1 is 1.57 bits per heavy atom. The summed E-state index contributed by atoms with van der Waals surface area (Å²) in [6.07, 6.45) is 1.60. The summed E-state index contributed by atoms with van der Waals surface area (Å²) in [5.74, 6) is -0.673. The highest BCUT2D eigenvalue weighted by molar-refractivity contribution is 7.13. The van der Waals surface area contributed by atoms with Crippen LogP contribution in [-0.4, -0.2) is 47.9 Å². The molecule has 0 spiro atoms. The molecule has 0 bridgehead atoms. The van der Waals surface area contributed by atoms with Crippen LogP contribution in [0.4, 0.5) is 5.13 Å². The lowest BCUT2D eigenvalue weighted by Gasteiger charge is -2.27. The van der Waals surface area contributed by atoms with Gasteiger partial charge in [0.25, 0.3) is 5.91 Å². The minimum atomic E-state index is -0.424. The van der Waals surface area contributed by atoms with Gasteiger partial charge in [-0.1, -0.05) is 0 Å². The van der Waals surface area contributed by atoms with E-state index in [1.807, 2.05) is 5.38 Å². The second-order valence-corrected chi connectivity index (χ2v) is 5.60. The standard InChI is InChI=1S/C13H17N3O4S/c1-16-10(17)5-4-9(12(16)19)15-13-14-8(7-21-13)3-6-11(18)20-2/h7,9H,3-6H2,1-2H3,(H,14,15). The van der Waals surface area contributed by atoms with E-state index in [-0.39, 0.29) is 24.2 Å². The lowest BCUT2D eigenvalue weighted by molar-refractivity contribution is -0.147. The number of hydrogen-bond donors (Lipinski definition) is 1. The third-order valence-electron chi connectivity index (χ3n) is 3.31. The van der Waals surface area contributed by atoms with Gasteiger partial charge in [0.15, 0.2) is 5.13 Å². The van der Waals surface area contributed by atoms with Crippen LogP contribution in [-0.2, 0) is 25.5 Å². The molecule has 1 aliphatic rings. The van der Waals surface area contributed by atoms with E-state index in [1.165, 1.54) is 25.5 Å². The molecule has 1 N–H and O–H groups in total. The number of nitrogens with one attached hydrogen (secondary N) is 1. The number of anilines is 1. The van der Waals surface area contributed by atoms with Crippen molar-refractivity contribution >= 4 is 34.3 Å². The third kappa shape index (κ3) is 3.78. The zero-order chi connectivity index (χ0) is 15.4. The molecule has 0 radical (unpaired) electrons. The first kappa shape index (κ1) is 15.4. The van der Waals surface area contributed by atoms with Gasteiger partial charge < -0.3 is 10.1 Å². The van der Waals surface area contributed by atoms with Crippen LogP contribution in [0.1, 0.15) is 25.0 Å². The van der Waals surface area contributed by atoms with E-state index in [1.54, 1.807) is 0 Å². The number of thiazole rings is 1. The molecule has 1 aromatic heterocycles. The second-order valence-electron chi connectivity index (χ2n) is 4.75. The average Bonchev–Trinajstić information content (AvgIpc) is 2.93. The lowest BCUT2D eigenvalue weighted by atomic mass is 10.1. The quantitative estimate of drug-likeness (QED) is 0.639. The van der Waals surface area contributed by atoms with Crippen LogP contribution in [0.5, 0.6) is 0 Å². The van der Waals surface area contributed by atoms with Crippen molar-refractivity contribution in [2.24, 2.45) is 0 Å². The first-order chi connectivity index (χ1) is 10.0. The third-order valence-corrected chi connectivity index (χ3v) is 4.13. The Morgan fingerprint density at radius 3 is 3.05 bits per heavy atom. The maximum atomic E-state index is 12.0. The summed E-state index contributed by atoms with van der Waals surface area (Å²) >= 11 is 1.38. The minimum Gasteiger partial charge on any atom is -0.469 e. The lowest BCUT2D eigenvalue weighted by Crippen LogP contribution is -2.48.